The molecule has 3 fully saturated rings. The Balaban J connectivity index is 1.93. The number of phosphoric ester groups is 1. The van der Waals surface area contributed by atoms with Gasteiger partial charge in [-0.25, -0.2) is 4.57 Å². The van der Waals surface area contributed by atoms with Gasteiger partial charge in [0.25, 0.3) is 0 Å². The van der Waals surface area contributed by atoms with Gasteiger partial charge in [-0.3, -0.25) is 28.2 Å². The third-order valence-electron chi connectivity index (χ3n) is 22.3. The van der Waals surface area contributed by atoms with Crippen LogP contribution in [0.3, 0.4) is 0 Å². The molecule has 2 aliphatic heterocycles. The first kappa shape index (κ1) is 107. The zero-order chi connectivity index (χ0) is 84.7. The molecular formula is C90H163O25P. The minimum absolute atomic E-state index is 0.00945. The Hall–Kier alpha value is -3.31. The average Bonchev–Trinajstić information content (AvgIpc) is 0.754. The number of phosphoric acid groups is 1. The van der Waals surface area contributed by atoms with Crippen LogP contribution in [0.5, 0.6) is 0 Å². The number of unbranched alkanes of at least 4 members (excludes halogenated alkanes) is 44. The largest absolute Gasteiger partial charge is 0.472 e. The highest BCUT2D eigenvalue weighted by Crippen LogP contribution is 2.49. The smallest absolute Gasteiger partial charge is 0.463 e. The molecule has 678 valence electrons. The third-order valence-corrected chi connectivity index (χ3v) is 23.3. The van der Waals surface area contributed by atoms with Crippen molar-refractivity contribution in [1.29, 1.82) is 0 Å². The van der Waals surface area contributed by atoms with Crippen molar-refractivity contribution in [2.45, 2.75) is 485 Å². The van der Waals surface area contributed by atoms with Gasteiger partial charge in [0.1, 0.15) is 92.6 Å². The molecule has 26 heteroatoms. The van der Waals surface area contributed by atoms with E-state index >= 15 is 0 Å². The van der Waals surface area contributed by atoms with Gasteiger partial charge in [-0.1, -0.05) is 289 Å². The number of rotatable bonds is 74. The minimum atomic E-state index is -5.81. The Morgan fingerprint density at radius 1 is 0.336 bits per heavy atom. The molecule has 0 radical (unpaired) electrons. The zero-order valence-electron chi connectivity index (χ0n) is 72.0. The van der Waals surface area contributed by atoms with Crippen LogP contribution in [0.1, 0.15) is 381 Å². The Kier molecular flexibility index (Phi) is 63.7. The van der Waals surface area contributed by atoms with Gasteiger partial charge in [0.2, 0.25) is 0 Å². The van der Waals surface area contributed by atoms with E-state index in [0.29, 0.717) is 38.5 Å². The van der Waals surface area contributed by atoms with Crippen molar-refractivity contribution in [2.24, 2.45) is 0 Å². The number of carbonyl (C=O) groups excluding carboxylic acids is 4. The fourth-order valence-corrected chi connectivity index (χ4v) is 15.9. The summed E-state index contributed by atoms with van der Waals surface area (Å²) in [6.07, 6.45) is 30.1. The van der Waals surface area contributed by atoms with Gasteiger partial charge < -0.3 is 88.7 Å². The normalized spacial score (nSPS) is 25.3. The van der Waals surface area contributed by atoms with E-state index in [1.165, 1.54) is 154 Å². The van der Waals surface area contributed by atoms with Crippen molar-refractivity contribution in [3.8, 4) is 0 Å². The molecule has 0 spiro atoms. The summed E-state index contributed by atoms with van der Waals surface area (Å²) in [6, 6.07) is 0. The molecule has 18 atom stereocenters. The highest BCUT2D eigenvalue weighted by atomic mass is 31.2. The maximum absolute atomic E-state index is 14.9. The molecule has 0 bridgehead atoms. The second kappa shape index (κ2) is 69.1. The summed E-state index contributed by atoms with van der Waals surface area (Å²) < 4.78 is 73.3. The second-order valence-corrected chi connectivity index (χ2v) is 34.2. The van der Waals surface area contributed by atoms with Crippen LogP contribution in [-0.4, -0.2) is 205 Å². The highest BCUT2D eigenvalue weighted by molar-refractivity contribution is 7.47. The van der Waals surface area contributed by atoms with Crippen LogP contribution in [0, 0.1) is 0 Å². The van der Waals surface area contributed by atoms with E-state index in [1.807, 2.05) is 0 Å². The first-order valence-electron chi connectivity index (χ1n) is 46.2. The van der Waals surface area contributed by atoms with Crippen LogP contribution in [0.15, 0.2) is 36.5 Å². The predicted molar refractivity (Wildman–Crippen MR) is 449 cm³/mol. The lowest BCUT2D eigenvalue weighted by molar-refractivity contribution is -0.360. The quantitative estimate of drug-likeness (QED) is 0.00889. The number of aliphatic hydroxyl groups is 9. The van der Waals surface area contributed by atoms with Crippen molar-refractivity contribution < 1.29 is 122 Å². The van der Waals surface area contributed by atoms with Crippen molar-refractivity contribution in [2.75, 3.05) is 26.4 Å². The molecule has 0 amide bonds. The SMILES string of the molecule is CCCCCC/C=C\CCCCCCCCCC(=O)OC1C(O)C(O)C(OC2OC(CO)C(O)C(O)C2O)C(OP(=O)(O)OCC(COC(=O)CCCCC/C=C\CCCCCCCC)OC(=O)CCCCC/C=C\CCCCCCCC)C1OC1OC(COC(=O)CCCCCCCCCCCCCCCCCC)C(O)C(O)C1O. The Morgan fingerprint density at radius 3 is 1.04 bits per heavy atom. The van der Waals surface area contributed by atoms with E-state index in [2.05, 4.69) is 64.2 Å². The molecule has 3 aliphatic rings. The van der Waals surface area contributed by atoms with Gasteiger partial charge >= 0.3 is 31.7 Å². The molecule has 2 saturated heterocycles. The fraction of sp³-hybridized carbons (Fsp3) is 0.889. The Bertz CT molecular complexity index is 2560. The van der Waals surface area contributed by atoms with Crippen molar-refractivity contribution in [3.05, 3.63) is 36.5 Å². The van der Waals surface area contributed by atoms with Crippen LogP contribution < -0.4 is 0 Å². The number of aliphatic hydroxyl groups excluding tert-OH is 9. The Labute approximate surface area is 697 Å². The lowest BCUT2D eigenvalue weighted by Gasteiger charge is -2.50. The second-order valence-electron chi connectivity index (χ2n) is 32.8. The molecular weight excluding hydrogens is 1510 g/mol. The van der Waals surface area contributed by atoms with Crippen LogP contribution in [0.2, 0.25) is 0 Å². The van der Waals surface area contributed by atoms with Gasteiger partial charge in [-0.05, 0) is 103 Å². The molecule has 3 rings (SSSR count). The summed E-state index contributed by atoms with van der Waals surface area (Å²) in [4.78, 5) is 66.3. The topological polar surface area (TPSA) is 380 Å². The van der Waals surface area contributed by atoms with E-state index < -0.39 is 162 Å². The maximum atomic E-state index is 14.9. The van der Waals surface area contributed by atoms with Crippen LogP contribution in [-0.2, 0) is 70.7 Å². The van der Waals surface area contributed by atoms with Crippen molar-refractivity contribution >= 4 is 31.7 Å². The standard InChI is InChI=1S/C90H163O25P/c1-5-9-13-17-21-25-29-33-35-37-40-43-47-51-55-59-63-74(93)107-69-72-78(97)80(99)84(103)90(111-72)114-87-85(112-76(95)65-61-57-53-49-45-41-36-34-30-26-22-18-14-10-6-2)81(100)82(101)86(113-89-83(102)79(98)77(96)71(66-91)110-89)88(87)115-116(104,105)108-68-70(109-75(94)64-60-56-52-48-44-39-32-28-24-20-16-12-8-4)67-106-73(92)62-58-54-50-46-42-38-31-27-23-19-15-11-7-3/h26,30,38-39,42,44,70-72,77-91,96-103H,5-25,27-29,31-37,40-41,43,45-69H2,1-4H3,(H,104,105)/b30-26-,42-38-,44-39-. The number of hydrogen-bond acceptors (Lipinski definition) is 24. The van der Waals surface area contributed by atoms with Gasteiger partial charge in [0, 0.05) is 25.7 Å². The summed E-state index contributed by atoms with van der Waals surface area (Å²) in [5.74, 6) is -3.01. The zero-order valence-corrected chi connectivity index (χ0v) is 72.9. The first-order valence-corrected chi connectivity index (χ1v) is 47.7. The van der Waals surface area contributed by atoms with Gasteiger partial charge in [0.15, 0.2) is 24.8 Å². The van der Waals surface area contributed by atoms with Gasteiger partial charge in [-0.2, -0.15) is 0 Å². The first-order chi connectivity index (χ1) is 56.2. The summed E-state index contributed by atoms with van der Waals surface area (Å²) in [5.41, 5.74) is 0. The summed E-state index contributed by atoms with van der Waals surface area (Å²) in [7, 11) is -5.81. The summed E-state index contributed by atoms with van der Waals surface area (Å²) in [5, 5.41) is 102. The molecule has 0 aromatic carbocycles. The van der Waals surface area contributed by atoms with Crippen molar-refractivity contribution in [1.82, 2.24) is 0 Å². The molecule has 1 aliphatic carbocycles. The summed E-state index contributed by atoms with van der Waals surface area (Å²) >= 11 is 0. The van der Waals surface area contributed by atoms with E-state index in [0.717, 1.165) is 135 Å². The lowest BCUT2D eigenvalue weighted by Crippen LogP contribution is -2.70. The molecule has 25 nitrogen and oxygen atoms in total. The number of allylic oxidation sites excluding steroid dienone is 6. The molecule has 116 heavy (non-hydrogen) atoms. The van der Waals surface area contributed by atoms with Gasteiger partial charge in [-0.15, -0.1) is 0 Å². The van der Waals surface area contributed by atoms with E-state index in [4.69, 9.17) is 46.9 Å². The van der Waals surface area contributed by atoms with Crippen LogP contribution >= 0.6 is 7.82 Å². The van der Waals surface area contributed by atoms with E-state index in [1.54, 1.807) is 0 Å². The Morgan fingerprint density at radius 2 is 0.647 bits per heavy atom. The minimum Gasteiger partial charge on any atom is -0.463 e. The lowest BCUT2D eigenvalue weighted by atomic mass is 9.84. The predicted octanol–water partition coefficient (Wildman–Crippen LogP) is 16.7. The van der Waals surface area contributed by atoms with Crippen molar-refractivity contribution in [3.63, 3.8) is 0 Å². The average molecular weight is 1680 g/mol. The number of hydrogen-bond donors (Lipinski definition) is 10. The van der Waals surface area contributed by atoms with Crippen LogP contribution in [0.25, 0.3) is 0 Å². The molecule has 0 aromatic rings. The maximum Gasteiger partial charge on any atom is 0.472 e. The van der Waals surface area contributed by atoms with Gasteiger partial charge in [0.05, 0.1) is 13.2 Å². The van der Waals surface area contributed by atoms with E-state index in [9.17, 15) is 74.6 Å². The molecule has 10 N–H and O–H groups in total. The monoisotopic (exact) mass is 1680 g/mol. The summed E-state index contributed by atoms with van der Waals surface area (Å²) in [6.45, 7) is 5.53. The number of esters is 4. The fourth-order valence-electron chi connectivity index (χ4n) is 14.9. The molecule has 2 heterocycles. The number of carbonyl (C=O) groups is 4. The molecule has 18 unspecified atom stereocenters. The van der Waals surface area contributed by atoms with E-state index in [-0.39, 0.29) is 25.7 Å². The third kappa shape index (κ3) is 49.1. The highest BCUT2D eigenvalue weighted by Gasteiger charge is 2.60. The number of ether oxygens (including phenoxy) is 8. The molecule has 1 saturated carbocycles. The van der Waals surface area contributed by atoms with Crippen LogP contribution in [0.4, 0.5) is 0 Å². The molecule has 0 aromatic heterocycles.